The normalized spacial score (nSPS) is 14.4. The van der Waals surface area contributed by atoms with Crippen LogP contribution in [-0.2, 0) is 43.0 Å². The van der Waals surface area contributed by atoms with Crippen molar-refractivity contribution in [1.82, 2.24) is 43.7 Å². The number of likely N-dealkylation sites (N-methyl/N-ethyl adjacent to an activating group) is 1. The van der Waals surface area contributed by atoms with Crippen LogP contribution in [-0.4, -0.2) is 88.8 Å². The predicted octanol–water partition coefficient (Wildman–Crippen LogP) is 7.78. The van der Waals surface area contributed by atoms with Crippen molar-refractivity contribution in [2.45, 2.75) is 52.7 Å². The van der Waals surface area contributed by atoms with Crippen LogP contribution in [0.3, 0.4) is 0 Å². The molecule has 4 heterocycles. The van der Waals surface area contributed by atoms with Crippen molar-refractivity contribution in [3.8, 4) is 11.5 Å². The maximum absolute atomic E-state index is 14.0. The van der Waals surface area contributed by atoms with E-state index in [-0.39, 0.29) is 24.9 Å². The van der Waals surface area contributed by atoms with Gasteiger partial charge in [-0.1, -0.05) is 60.7 Å². The molecule has 62 heavy (non-hydrogen) atoms. The monoisotopic (exact) mass is 905 g/mol. The summed E-state index contributed by atoms with van der Waals surface area (Å²) in [6, 6.07) is 25.9. The van der Waals surface area contributed by atoms with Gasteiger partial charge in [0, 0.05) is 6.54 Å². The van der Waals surface area contributed by atoms with Crippen LogP contribution in [0.25, 0.3) is 22.3 Å². The number of nitrogens with zero attached hydrogens (tertiary/aromatic N) is 9. The number of anilines is 2. The Morgan fingerprint density at radius 1 is 0.694 bits per heavy atom. The van der Waals surface area contributed by atoms with Crippen LogP contribution < -0.4 is 20.5 Å². The summed E-state index contributed by atoms with van der Waals surface area (Å²) in [5.74, 6) is 1.59. The van der Waals surface area contributed by atoms with Crippen molar-refractivity contribution >= 4 is 59.4 Å². The molecule has 0 fully saturated rings. The fraction of sp³-hybridized carbons (Fsp3) is 0.317. The number of rotatable bonds is 20. The zero-order chi connectivity index (χ0) is 44.1. The third kappa shape index (κ3) is 12.8. The molecule has 18 nitrogen and oxygen atoms in total. The fourth-order valence-corrected chi connectivity index (χ4v) is 8.97. The van der Waals surface area contributed by atoms with E-state index in [0.717, 1.165) is 5.56 Å². The molecule has 0 radical (unpaired) electrons. The van der Waals surface area contributed by atoms with Crippen LogP contribution in [0.1, 0.15) is 25.0 Å². The Kier molecular flexibility index (Phi) is 16.0. The number of halogens is 1. The largest absolute Gasteiger partial charge is 0.431 e. The van der Waals surface area contributed by atoms with Crippen LogP contribution in [0.2, 0.25) is 0 Å². The van der Waals surface area contributed by atoms with Crippen LogP contribution in [0.15, 0.2) is 110 Å². The first-order valence-corrected chi connectivity index (χ1v) is 24.0. The zero-order valence-corrected chi connectivity index (χ0v) is 37.4. The van der Waals surface area contributed by atoms with Crippen LogP contribution >= 0.6 is 25.5 Å². The molecule has 0 amide bonds. The Hall–Kier alpha value is -5.45. The van der Waals surface area contributed by atoms with Gasteiger partial charge in [0.05, 0.1) is 51.2 Å². The highest BCUT2D eigenvalue weighted by molar-refractivity contribution is 7.85. The van der Waals surface area contributed by atoms with E-state index in [9.17, 15) is 9.13 Å². The molecular weight excluding hydrogens is 856 g/mol. The second kappa shape index (κ2) is 21.6. The average Bonchev–Trinajstić information content (AvgIpc) is 3.87. The van der Waals surface area contributed by atoms with Gasteiger partial charge in [0.1, 0.15) is 47.9 Å². The lowest BCUT2D eigenvalue weighted by molar-refractivity contribution is 0.0761. The maximum Gasteiger partial charge on any atom is 0.361 e. The molecule has 0 aliphatic rings. The van der Waals surface area contributed by atoms with Gasteiger partial charge in [-0.15, -0.1) is 0 Å². The molecule has 328 valence electrons. The van der Waals surface area contributed by atoms with Crippen molar-refractivity contribution in [3.05, 3.63) is 121 Å². The van der Waals surface area contributed by atoms with Gasteiger partial charge in [-0.25, -0.2) is 34.6 Å². The summed E-state index contributed by atoms with van der Waals surface area (Å²) in [5, 5.41) is 0. The van der Waals surface area contributed by atoms with Crippen LogP contribution in [0.5, 0.6) is 11.5 Å². The summed E-state index contributed by atoms with van der Waals surface area (Å²) >= 11 is 5.96. The molecule has 7 rings (SSSR count). The number of nitrogen functional groups attached to an aromatic ring is 2. The first kappa shape index (κ1) is 46.1. The van der Waals surface area contributed by atoms with Gasteiger partial charge in [0.25, 0.3) is 0 Å². The first-order valence-electron chi connectivity index (χ1n) is 19.6. The SMILES string of the molecule is C[C@H](Cn1cnc2c(N)ncnc21)OCP(=O)(Cl)Oc1ccccc1.Cc1ccccc1COCCN(C)P(=O)(CO[C@H](C)Cn1cnc2c(N)ncnc21)Oc1ccccc1. The number of hydrogen-bond donors (Lipinski definition) is 2. The smallest absolute Gasteiger partial charge is 0.361 e. The third-order valence-electron chi connectivity index (χ3n) is 9.38. The van der Waals surface area contributed by atoms with Gasteiger partial charge < -0.3 is 43.9 Å². The summed E-state index contributed by atoms with van der Waals surface area (Å²) in [5.41, 5.74) is 16.3. The maximum atomic E-state index is 14.0. The van der Waals surface area contributed by atoms with E-state index in [2.05, 4.69) is 42.9 Å². The Labute approximate surface area is 364 Å². The molecule has 21 heteroatoms. The molecule has 4 N–H and O–H groups in total. The highest BCUT2D eigenvalue weighted by Gasteiger charge is 2.32. The van der Waals surface area contributed by atoms with Crippen molar-refractivity contribution in [3.63, 3.8) is 0 Å². The number of imidazole rings is 2. The topological polar surface area (TPSA) is 223 Å². The number of benzene rings is 3. The Morgan fingerprint density at radius 3 is 1.74 bits per heavy atom. The number of hydrogen-bond acceptors (Lipinski definition) is 15. The lowest BCUT2D eigenvalue weighted by Gasteiger charge is -2.29. The van der Waals surface area contributed by atoms with E-state index in [1.165, 1.54) is 18.2 Å². The molecule has 0 saturated heterocycles. The van der Waals surface area contributed by atoms with Gasteiger partial charge in [-0.2, -0.15) is 0 Å². The summed E-state index contributed by atoms with van der Waals surface area (Å²) in [4.78, 5) is 24.8. The quantitative estimate of drug-likeness (QED) is 0.0550. The van der Waals surface area contributed by atoms with E-state index in [0.29, 0.717) is 78.3 Å². The highest BCUT2D eigenvalue weighted by atomic mass is 35.7. The van der Waals surface area contributed by atoms with E-state index in [1.54, 1.807) is 65.3 Å². The average molecular weight is 906 g/mol. The molecule has 4 aromatic heterocycles. The predicted molar refractivity (Wildman–Crippen MR) is 239 cm³/mol. The van der Waals surface area contributed by atoms with Gasteiger partial charge in [-0.05, 0) is 74.5 Å². The second-order valence-electron chi connectivity index (χ2n) is 14.3. The number of fused-ring (bicyclic) bond motifs is 2. The number of nitrogens with two attached hydrogens (primary N) is 2. The van der Waals surface area contributed by atoms with E-state index >= 15 is 0 Å². The van der Waals surface area contributed by atoms with E-state index in [4.69, 9.17) is 46.0 Å². The third-order valence-corrected chi connectivity index (χ3v) is 13.0. The molecular formula is C41H50ClN11O7P2. The molecule has 0 bridgehead atoms. The van der Waals surface area contributed by atoms with Gasteiger partial charge in [0.15, 0.2) is 22.9 Å². The standard InChI is InChI=1S/C26H33N6O4P.C15H17ClN5O3P/c1-20-9-7-8-10-22(20)16-34-14-13-31(3)37(33,36-23-11-5-4-6-12-23)19-35-21(2)15-32-18-30-24-25(27)28-17-29-26(24)32;1-11(7-21-9-20-13-14(17)18-8-19-15(13)21)23-10-25(16,22)24-12-5-3-2-4-6-12/h4-12,17-18,21H,13-16,19H2,1-3H3,(H2,27,28,29);2-6,8-9,11H,7,10H2,1H3,(H2,17,18,19)/t21-,37?;11-,25?/m11/s1. The first-order chi connectivity index (χ1) is 29.8. The van der Waals surface area contributed by atoms with Gasteiger partial charge in [-0.3, -0.25) is 9.13 Å². The summed E-state index contributed by atoms with van der Waals surface area (Å²) in [7, 11) is -1.63. The van der Waals surface area contributed by atoms with Crippen molar-refractivity contribution in [2.75, 3.05) is 44.4 Å². The van der Waals surface area contributed by atoms with Crippen LogP contribution in [0.4, 0.5) is 11.6 Å². The zero-order valence-electron chi connectivity index (χ0n) is 34.8. The van der Waals surface area contributed by atoms with Crippen molar-refractivity contribution in [1.29, 1.82) is 0 Å². The lowest BCUT2D eigenvalue weighted by atomic mass is 10.1. The number of para-hydroxylation sites is 2. The summed E-state index contributed by atoms with van der Waals surface area (Å²) in [6.07, 6.45) is 5.13. The molecule has 2 unspecified atom stereocenters. The van der Waals surface area contributed by atoms with Crippen LogP contribution in [0, 0.1) is 6.92 Å². The molecule has 4 atom stereocenters. The van der Waals surface area contributed by atoms with Crippen molar-refractivity contribution in [2.24, 2.45) is 0 Å². The molecule has 0 spiro atoms. The number of ether oxygens (including phenoxy) is 3. The Balaban J connectivity index is 0.000000223. The number of aryl methyl sites for hydroxylation is 1. The summed E-state index contributed by atoms with van der Waals surface area (Å²) < 4.78 is 60.5. The Morgan fingerprint density at radius 2 is 1.19 bits per heavy atom. The highest BCUT2D eigenvalue weighted by Crippen LogP contribution is 2.52. The minimum atomic E-state index is -3.43. The van der Waals surface area contributed by atoms with Gasteiger partial charge in [0.2, 0.25) is 0 Å². The lowest BCUT2D eigenvalue weighted by Crippen LogP contribution is -2.27. The number of aromatic nitrogens is 8. The van der Waals surface area contributed by atoms with Crippen molar-refractivity contribution < 1.29 is 32.4 Å². The van der Waals surface area contributed by atoms with E-state index < -0.39 is 14.2 Å². The summed E-state index contributed by atoms with van der Waals surface area (Å²) in [6.45, 7) is 4.53. The van der Waals surface area contributed by atoms with E-state index in [1.807, 2.05) is 60.9 Å². The molecule has 7 aromatic rings. The molecule has 3 aromatic carbocycles. The fourth-order valence-electron chi connectivity index (χ4n) is 5.97. The minimum Gasteiger partial charge on any atom is -0.431 e. The van der Waals surface area contributed by atoms with Gasteiger partial charge >= 0.3 is 14.2 Å². The molecule has 0 aliphatic carbocycles. The Bertz CT molecular complexity index is 2610. The minimum absolute atomic E-state index is 0.0961. The molecule has 0 aliphatic heterocycles. The molecule has 0 saturated carbocycles. The second-order valence-corrected chi connectivity index (χ2v) is 19.8.